The van der Waals surface area contributed by atoms with Crippen molar-refractivity contribution < 1.29 is 0 Å². The molecule has 4 nitrogen and oxygen atoms in total. The Hall–Kier alpha value is -3.66. The van der Waals surface area contributed by atoms with Crippen molar-refractivity contribution in [3.05, 3.63) is 108 Å². The highest BCUT2D eigenvalue weighted by Gasteiger charge is 2.23. The first kappa shape index (κ1) is 15.6. The minimum absolute atomic E-state index is 0.0220. The molecule has 1 aliphatic heterocycles. The molecule has 1 atom stereocenters. The van der Waals surface area contributed by atoms with Crippen LogP contribution in [0.1, 0.15) is 17.2 Å². The third-order valence-electron chi connectivity index (χ3n) is 4.85. The third-order valence-corrected chi connectivity index (χ3v) is 4.85. The summed E-state index contributed by atoms with van der Waals surface area (Å²) >= 11 is 0. The molecule has 0 bridgehead atoms. The summed E-state index contributed by atoms with van der Waals surface area (Å²) < 4.78 is 1.91. The second-order valence-corrected chi connectivity index (χ2v) is 6.53. The number of anilines is 1. The Kier molecular flexibility index (Phi) is 3.79. The number of rotatable bonds is 3. The average molecular weight is 350 g/mol. The Bertz CT molecular complexity index is 1080. The van der Waals surface area contributed by atoms with Gasteiger partial charge < -0.3 is 5.32 Å². The first-order valence-corrected chi connectivity index (χ1v) is 8.98. The van der Waals surface area contributed by atoms with Gasteiger partial charge in [-0.2, -0.15) is 10.1 Å². The minimum Gasteiger partial charge on any atom is -0.324 e. The highest BCUT2D eigenvalue weighted by Crippen LogP contribution is 2.32. The molecule has 5 rings (SSSR count). The lowest BCUT2D eigenvalue weighted by atomic mass is 9.99. The molecule has 0 saturated heterocycles. The van der Waals surface area contributed by atoms with Crippen molar-refractivity contribution in [2.75, 3.05) is 5.32 Å². The van der Waals surface area contributed by atoms with E-state index in [0.29, 0.717) is 0 Å². The monoisotopic (exact) mass is 350 g/mol. The number of hydrogen-bond donors (Lipinski definition) is 1. The lowest BCUT2D eigenvalue weighted by Gasteiger charge is -2.24. The van der Waals surface area contributed by atoms with Crippen LogP contribution in [-0.4, -0.2) is 14.8 Å². The Balaban J connectivity index is 1.52. The van der Waals surface area contributed by atoms with Crippen molar-refractivity contribution in [2.45, 2.75) is 6.04 Å². The molecule has 27 heavy (non-hydrogen) atoms. The van der Waals surface area contributed by atoms with Crippen LogP contribution in [0.15, 0.2) is 97.3 Å². The van der Waals surface area contributed by atoms with Crippen LogP contribution in [0, 0.1) is 0 Å². The number of nitrogens with zero attached hydrogens (tertiary/aromatic N) is 3. The first-order valence-electron chi connectivity index (χ1n) is 8.98. The molecule has 4 heteroatoms. The molecular formula is C23H18N4. The summed E-state index contributed by atoms with van der Waals surface area (Å²) in [6.45, 7) is 0. The summed E-state index contributed by atoms with van der Waals surface area (Å²) in [7, 11) is 0. The fraction of sp³-hybridized carbons (Fsp3) is 0.0435. The number of fused-ring (bicyclic) bond motifs is 1. The van der Waals surface area contributed by atoms with Gasteiger partial charge in [0.25, 0.3) is 0 Å². The van der Waals surface area contributed by atoms with Crippen LogP contribution < -0.4 is 5.32 Å². The van der Waals surface area contributed by atoms with Gasteiger partial charge in [-0.25, -0.2) is 4.68 Å². The average Bonchev–Trinajstić information content (AvgIpc) is 3.23. The van der Waals surface area contributed by atoms with Gasteiger partial charge in [-0.05, 0) is 28.3 Å². The molecular weight excluding hydrogens is 332 g/mol. The molecule has 130 valence electrons. The van der Waals surface area contributed by atoms with Gasteiger partial charge >= 0.3 is 0 Å². The Morgan fingerprint density at radius 1 is 0.704 bits per heavy atom. The maximum absolute atomic E-state index is 4.39. The van der Waals surface area contributed by atoms with E-state index in [1.165, 1.54) is 16.7 Å². The molecule has 1 unspecified atom stereocenters. The lowest BCUT2D eigenvalue weighted by Crippen LogP contribution is -2.20. The largest absolute Gasteiger partial charge is 0.324 e. The fourth-order valence-electron chi connectivity index (χ4n) is 3.46. The Morgan fingerprint density at radius 3 is 2.07 bits per heavy atom. The smallest absolute Gasteiger partial charge is 0.226 e. The highest BCUT2D eigenvalue weighted by molar-refractivity contribution is 5.78. The summed E-state index contributed by atoms with van der Waals surface area (Å²) in [5, 5.41) is 7.80. The lowest BCUT2D eigenvalue weighted by molar-refractivity contribution is 0.612. The second kappa shape index (κ2) is 6.57. The number of benzene rings is 3. The molecule has 2 heterocycles. The van der Waals surface area contributed by atoms with E-state index >= 15 is 0 Å². The van der Waals surface area contributed by atoms with E-state index in [4.69, 9.17) is 0 Å². The quantitative estimate of drug-likeness (QED) is 0.565. The van der Waals surface area contributed by atoms with Crippen molar-refractivity contribution in [1.82, 2.24) is 14.8 Å². The van der Waals surface area contributed by atoms with E-state index in [2.05, 4.69) is 94.3 Å². The van der Waals surface area contributed by atoms with Gasteiger partial charge in [-0.1, -0.05) is 84.9 Å². The van der Waals surface area contributed by atoms with E-state index in [1.54, 1.807) is 6.33 Å². The van der Waals surface area contributed by atoms with Crippen LogP contribution in [0.5, 0.6) is 0 Å². The third kappa shape index (κ3) is 2.91. The van der Waals surface area contributed by atoms with Crippen LogP contribution >= 0.6 is 0 Å². The number of hydrogen-bond acceptors (Lipinski definition) is 3. The molecule has 1 aliphatic rings. The molecule has 1 aromatic heterocycles. The zero-order valence-corrected chi connectivity index (χ0v) is 14.7. The minimum atomic E-state index is 0.0220. The molecule has 0 aliphatic carbocycles. The molecule has 0 spiro atoms. The predicted molar refractivity (Wildman–Crippen MR) is 108 cm³/mol. The first-order chi connectivity index (χ1) is 13.4. The molecule has 0 radical (unpaired) electrons. The summed E-state index contributed by atoms with van der Waals surface area (Å²) in [6, 6.07) is 29.4. The van der Waals surface area contributed by atoms with E-state index in [-0.39, 0.29) is 6.04 Å². The number of allylic oxidation sites excluding steroid dienone is 1. The molecule has 1 N–H and O–H groups in total. The molecule has 0 fully saturated rings. The van der Waals surface area contributed by atoms with E-state index in [9.17, 15) is 0 Å². The highest BCUT2D eigenvalue weighted by atomic mass is 15.4. The number of aromatic nitrogens is 3. The summed E-state index contributed by atoms with van der Waals surface area (Å²) in [5.41, 5.74) is 5.79. The zero-order chi connectivity index (χ0) is 18.1. The van der Waals surface area contributed by atoms with Crippen molar-refractivity contribution in [3.8, 4) is 11.1 Å². The number of nitrogens with one attached hydrogen (secondary N) is 1. The Labute approximate surface area is 157 Å². The van der Waals surface area contributed by atoms with Gasteiger partial charge in [0.2, 0.25) is 5.95 Å². The summed E-state index contributed by atoms with van der Waals surface area (Å²) in [5.74, 6) is 0.758. The fourth-order valence-corrected chi connectivity index (χ4v) is 3.46. The normalized spacial score (nSPS) is 15.6. The van der Waals surface area contributed by atoms with Crippen LogP contribution in [0.4, 0.5) is 5.95 Å². The van der Waals surface area contributed by atoms with Crippen molar-refractivity contribution in [1.29, 1.82) is 0 Å². The van der Waals surface area contributed by atoms with Crippen LogP contribution in [0.2, 0.25) is 0 Å². The van der Waals surface area contributed by atoms with Crippen LogP contribution in [0.25, 0.3) is 16.8 Å². The van der Waals surface area contributed by atoms with E-state index in [1.807, 2.05) is 16.8 Å². The van der Waals surface area contributed by atoms with Gasteiger partial charge in [0.05, 0.1) is 0 Å². The van der Waals surface area contributed by atoms with Crippen LogP contribution in [-0.2, 0) is 0 Å². The standard InChI is InChI=1S/C23H18N4/c1-3-7-17(8-4-1)18-11-13-19(14-12-18)21-15-22(20-9-5-2-6-10-20)27-23(26-21)24-16-25-27/h1-16,22H,(H,24,25,26). The molecule has 0 saturated carbocycles. The summed E-state index contributed by atoms with van der Waals surface area (Å²) in [4.78, 5) is 4.37. The topological polar surface area (TPSA) is 42.7 Å². The molecule has 4 aromatic rings. The van der Waals surface area contributed by atoms with Crippen molar-refractivity contribution >= 4 is 11.6 Å². The second-order valence-electron chi connectivity index (χ2n) is 6.53. The van der Waals surface area contributed by atoms with Gasteiger partial charge in [0.15, 0.2) is 0 Å². The maximum atomic E-state index is 4.39. The van der Waals surface area contributed by atoms with Crippen molar-refractivity contribution in [2.24, 2.45) is 0 Å². The van der Waals surface area contributed by atoms with Gasteiger partial charge in [0, 0.05) is 5.70 Å². The van der Waals surface area contributed by atoms with E-state index < -0.39 is 0 Å². The van der Waals surface area contributed by atoms with Gasteiger partial charge in [-0.15, -0.1) is 0 Å². The van der Waals surface area contributed by atoms with Gasteiger partial charge in [0.1, 0.15) is 12.4 Å². The predicted octanol–water partition coefficient (Wildman–Crippen LogP) is 5.00. The van der Waals surface area contributed by atoms with Crippen molar-refractivity contribution in [3.63, 3.8) is 0 Å². The SMILES string of the molecule is C1=C(c2ccc(-c3ccccc3)cc2)Nc2ncnn2C1c1ccccc1. The van der Waals surface area contributed by atoms with E-state index in [0.717, 1.165) is 17.2 Å². The summed E-state index contributed by atoms with van der Waals surface area (Å²) in [6.07, 6.45) is 3.79. The maximum Gasteiger partial charge on any atom is 0.226 e. The van der Waals surface area contributed by atoms with Gasteiger partial charge in [-0.3, -0.25) is 0 Å². The Morgan fingerprint density at radius 2 is 1.33 bits per heavy atom. The molecule has 3 aromatic carbocycles. The molecule has 0 amide bonds. The van der Waals surface area contributed by atoms with Crippen LogP contribution in [0.3, 0.4) is 0 Å². The zero-order valence-electron chi connectivity index (χ0n) is 14.7.